The summed E-state index contributed by atoms with van der Waals surface area (Å²) in [5.74, 6) is 1.29. The van der Waals surface area contributed by atoms with E-state index in [1.54, 1.807) is 12.3 Å². The van der Waals surface area contributed by atoms with E-state index in [1.807, 2.05) is 24.5 Å². The van der Waals surface area contributed by atoms with Crippen molar-refractivity contribution < 1.29 is 5.11 Å². The zero-order valence-corrected chi connectivity index (χ0v) is 15.1. The average molecular weight is 361 g/mol. The van der Waals surface area contributed by atoms with Crippen LogP contribution in [0.5, 0.6) is 5.75 Å². The van der Waals surface area contributed by atoms with Gasteiger partial charge < -0.3 is 16.2 Å². The Morgan fingerprint density at radius 2 is 1.96 bits per heavy atom. The van der Waals surface area contributed by atoms with E-state index in [9.17, 15) is 5.11 Å². The van der Waals surface area contributed by atoms with Crippen molar-refractivity contribution >= 4 is 33.8 Å². The SMILES string of the molecule is Cc1ccc(O)c(C)c1-n1c2ncc(NC3CC3)nc2c2c(N)ncnc21. The van der Waals surface area contributed by atoms with E-state index in [2.05, 4.69) is 20.3 Å². The molecule has 4 N–H and O–H groups in total. The Morgan fingerprint density at radius 1 is 1.15 bits per heavy atom. The quantitative estimate of drug-likeness (QED) is 0.514. The molecule has 0 atom stereocenters. The lowest BCUT2D eigenvalue weighted by Gasteiger charge is -2.14. The summed E-state index contributed by atoms with van der Waals surface area (Å²) < 4.78 is 1.90. The molecule has 27 heavy (non-hydrogen) atoms. The van der Waals surface area contributed by atoms with Gasteiger partial charge in [0.25, 0.3) is 0 Å². The zero-order valence-electron chi connectivity index (χ0n) is 15.1. The second-order valence-corrected chi connectivity index (χ2v) is 7.01. The fourth-order valence-corrected chi connectivity index (χ4v) is 3.49. The summed E-state index contributed by atoms with van der Waals surface area (Å²) in [6, 6.07) is 4.03. The van der Waals surface area contributed by atoms with Crippen molar-refractivity contribution in [2.45, 2.75) is 32.7 Å². The van der Waals surface area contributed by atoms with Gasteiger partial charge in [0.05, 0.1) is 17.3 Å². The fourth-order valence-electron chi connectivity index (χ4n) is 3.49. The van der Waals surface area contributed by atoms with E-state index < -0.39 is 0 Å². The number of aryl methyl sites for hydroxylation is 1. The number of hydrogen-bond donors (Lipinski definition) is 3. The summed E-state index contributed by atoms with van der Waals surface area (Å²) in [5.41, 5.74) is 10.6. The Kier molecular flexibility index (Phi) is 3.24. The van der Waals surface area contributed by atoms with Gasteiger partial charge in [0, 0.05) is 11.6 Å². The van der Waals surface area contributed by atoms with Gasteiger partial charge in [-0.3, -0.25) is 4.57 Å². The van der Waals surface area contributed by atoms with E-state index in [0.29, 0.717) is 34.1 Å². The Labute approximate surface area is 155 Å². The summed E-state index contributed by atoms with van der Waals surface area (Å²) in [6.07, 6.45) is 5.46. The smallest absolute Gasteiger partial charge is 0.166 e. The minimum atomic E-state index is 0.215. The molecule has 1 saturated carbocycles. The third-order valence-electron chi connectivity index (χ3n) is 5.03. The van der Waals surface area contributed by atoms with E-state index in [0.717, 1.165) is 35.5 Å². The highest BCUT2D eigenvalue weighted by molar-refractivity contribution is 6.09. The van der Waals surface area contributed by atoms with Crippen LogP contribution < -0.4 is 11.1 Å². The number of aromatic nitrogens is 5. The highest BCUT2D eigenvalue weighted by Gasteiger charge is 2.24. The largest absolute Gasteiger partial charge is 0.508 e. The molecule has 0 amide bonds. The topological polar surface area (TPSA) is 115 Å². The lowest BCUT2D eigenvalue weighted by Crippen LogP contribution is -2.05. The normalized spacial score (nSPS) is 14.1. The van der Waals surface area contributed by atoms with Crippen molar-refractivity contribution in [1.82, 2.24) is 24.5 Å². The molecule has 1 aliphatic carbocycles. The summed E-state index contributed by atoms with van der Waals surface area (Å²) >= 11 is 0. The van der Waals surface area contributed by atoms with Crippen LogP contribution >= 0.6 is 0 Å². The van der Waals surface area contributed by atoms with Crippen molar-refractivity contribution in [2.24, 2.45) is 0 Å². The molecule has 8 nitrogen and oxygen atoms in total. The van der Waals surface area contributed by atoms with Gasteiger partial charge in [-0.05, 0) is 38.3 Å². The van der Waals surface area contributed by atoms with Crippen LogP contribution in [0.25, 0.3) is 27.9 Å². The number of nitrogens with zero attached hydrogens (tertiary/aromatic N) is 5. The molecule has 0 bridgehead atoms. The molecule has 1 fully saturated rings. The minimum Gasteiger partial charge on any atom is -0.508 e. The van der Waals surface area contributed by atoms with Crippen LogP contribution in [-0.2, 0) is 0 Å². The number of nitrogens with two attached hydrogens (primary N) is 1. The fraction of sp³-hybridized carbons (Fsp3) is 0.263. The molecular formula is C19H19N7O. The number of benzene rings is 1. The van der Waals surface area contributed by atoms with Crippen LogP contribution in [0.15, 0.2) is 24.7 Å². The first-order valence-electron chi connectivity index (χ1n) is 8.88. The van der Waals surface area contributed by atoms with Gasteiger partial charge in [0.1, 0.15) is 29.2 Å². The lowest BCUT2D eigenvalue weighted by atomic mass is 10.1. The number of aromatic hydroxyl groups is 1. The van der Waals surface area contributed by atoms with Crippen molar-refractivity contribution in [1.29, 1.82) is 0 Å². The number of phenols is 1. The number of nitrogen functional groups attached to an aromatic ring is 1. The van der Waals surface area contributed by atoms with Crippen molar-refractivity contribution in [3.05, 3.63) is 35.8 Å². The van der Waals surface area contributed by atoms with Crippen LogP contribution in [0.4, 0.5) is 11.6 Å². The second-order valence-electron chi connectivity index (χ2n) is 7.01. The summed E-state index contributed by atoms with van der Waals surface area (Å²) in [4.78, 5) is 18.0. The van der Waals surface area contributed by atoms with Gasteiger partial charge >= 0.3 is 0 Å². The predicted molar refractivity (Wildman–Crippen MR) is 104 cm³/mol. The Bertz CT molecular complexity index is 1210. The monoisotopic (exact) mass is 361 g/mol. The first-order valence-corrected chi connectivity index (χ1v) is 8.88. The molecule has 5 rings (SSSR count). The maximum Gasteiger partial charge on any atom is 0.166 e. The maximum absolute atomic E-state index is 10.3. The third kappa shape index (κ3) is 2.37. The number of fused-ring (bicyclic) bond motifs is 3. The first kappa shape index (κ1) is 15.8. The molecule has 1 aromatic carbocycles. The van der Waals surface area contributed by atoms with Gasteiger partial charge in [0.15, 0.2) is 11.3 Å². The van der Waals surface area contributed by atoms with Gasteiger partial charge in [-0.25, -0.2) is 19.9 Å². The third-order valence-corrected chi connectivity index (χ3v) is 5.03. The summed E-state index contributed by atoms with van der Waals surface area (Å²) in [6.45, 7) is 3.86. The average Bonchev–Trinajstić information content (AvgIpc) is 3.40. The predicted octanol–water partition coefficient (Wildman–Crippen LogP) is 2.84. The number of hydrogen-bond acceptors (Lipinski definition) is 7. The minimum absolute atomic E-state index is 0.215. The summed E-state index contributed by atoms with van der Waals surface area (Å²) in [7, 11) is 0. The highest BCUT2D eigenvalue weighted by atomic mass is 16.3. The number of nitrogens with one attached hydrogen (secondary N) is 1. The zero-order chi connectivity index (χ0) is 18.7. The Hall–Kier alpha value is -3.42. The molecule has 136 valence electrons. The molecule has 3 aromatic heterocycles. The number of phenolic OH excluding ortho intramolecular Hbond substituents is 1. The van der Waals surface area contributed by atoms with Gasteiger partial charge in [-0.2, -0.15) is 0 Å². The Morgan fingerprint density at radius 3 is 2.74 bits per heavy atom. The molecule has 0 saturated heterocycles. The van der Waals surface area contributed by atoms with Crippen LogP contribution in [0.3, 0.4) is 0 Å². The lowest BCUT2D eigenvalue weighted by molar-refractivity contribution is 0.470. The molecule has 8 heteroatoms. The first-order chi connectivity index (χ1) is 13.0. The van der Waals surface area contributed by atoms with Crippen LogP contribution in [-0.4, -0.2) is 35.7 Å². The maximum atomic E-state index is 10.3. The standard InChI is InChI=1S/C19H19N7O/c1-9-3-6-12(27)10(2)16(9)26-18-14(17(20)22-8-23-18)15-19(26)21-7-13(25-15)24-11-4-5-11/h3,6-8,11,27H,4-5H2,1-2H3,(H,24,25)(H2,20,22,23). The van der Waals surface area contributed by atoms with Gasteiger partial charge in [-0.15, -0.1) is 0 Å². The molecule has 4 aromatic rings. The molecule has 0 unspecified atom stereocenters. The van der Waals surface area contributed by atoms with Gasteiger partial charge in [0.2, 0.25) is 0 Å². The Balaban J connectivity index is 1.89. The van der Waals surface area contributed by atoms with Crippen LogP contribution in [0.1, 0.15) is 24.0 Å². The molecule has 0 aliphatic heterocycles. The van der Waals surface area contributed by atoms with Crippen molar-refractivity contribution in [2.75, 3.05) is 11.1 Å². The summed E-state index contributed by atoms with van der Waals surface area (Å²) in [5, 5.41) is 14.3. The van der Waals surface area contributed by atoms with E-state index in [4.69, 9.17) is 10.7 Å². The van der Waals surface area contributed by atoms with Crippen molar-refractivity contribution in [3.8, 4) is 11.4 Å². The second kappa shape index (κ2) is 5.54. The van der Waals surface area contributed by atoms with E-state index >= 15 is 0 Å². The highest BCUT2D eigenvalue weighted by Crippen LogP contribution is 2.36. The van der Waals surface area contributed by atoms with E-state index in [1.165, 1.54) is 6.33 Å². The van der Waals surface area contributed by atoms with Gasteiger partial charge in [-0.1, -0.05) is 6.07 Å². The van der Waals surface area contributed by atoms with Crippen molar-refractivity contribution in [3.63, 3.8) is 0 Å². The molecule has 0 spiro atoms. The van der Waals surface area contributed by atoms with E-state index in [-0.39, 0.29) is 5.75 Å². The van der Waals surface area contributed by atoms with Crippen LogP contribution in [0, 0.1) is 13.8 Å². The van der Waals surface area contributed by atoms with Crippen LogP contribution in [0.2, 0.25) is 0 Å². The molecule has 3 heterocycles. The molecule has 1 aliphatic rings. The molecule has 0 radical (unpaired) electrons. The number of rotatable bonds is 3. The number of anilines is 2. The molecular weight excluding hydrogens is 342 g/mol.